The molecule has 29 heavy (non-hydrogen) atoms. The number of carbonyl (C=O) groups is 1. The highest BCUT2D eigenvalue weighted by Crippen LogP contribution is 2.18. The van der Waals surface area contributed by atoms with Crippen molar-refractivity contribution in [3.8, 4) is 0 Å². The average molecular weight is 417 g/mol. The van der Waals surface area contributed by atoms with Gasteiger partial charge in [-0.25, -0.2) is 13.8 Å². The van der Waals surface area contributed by atoms with Gasteiger partial charge in [-0.2, -0.15) is 9.41 Å². The van der Waals surface area contributed by atoms with Crippen molar-refractivity contribution in [2.45, 2.75) is 24.7 Å². The van der Waals surface area contributed by atoms with E-state index in [1.807, 2.05) is 19.1 Å². The number of hydrazone groups is 1. The number of nitrogens with zero attached hydrogens (tertiary/aromatic N) is 3. The third-order valence-corrected chi connectivity index (χ3v) is 6.53. The highest BCUT2D eigenvalue weighted by Gasteiger charge is 2.26. The van der Waals surface area contributed by atoms with Crippen molar-refractivity contribution >= 4 is 21.6 Å². The normalized spacial score (nSPS) is 15.8. The number of rotatable bonds is 7. The smallest absolute Gasteiger partial charge is 0.243 e. The SMILES string of the molecule is C/C(=N\NC(=O)CCc1ccc(S(=O)(=O)N2CCOCC2)cc1)c1ccncc1. The van der Waals surface area contributed by atoms with E-state index in [0.29, 0.717) is 38.4 Å². The first-order valence-corrected chi connectivity index (χ1v) is 10.8. The third kappa shape index (κ3) is 5.69. The van der Waals surface area contributed by atoms with Crippen LogP contribution in [0.25, 0.3) is 0 Å². The molecule has 1 aromatic carbocycles. The maximum Gasteiger partial charge on any atom is 0.243 e. The largest absolute Gasteiger partial charge is 0.379 e. The predicted octanol–water partition coefficient (Wildman–Crippen LogP) is 1.58. The van der Waals surface area contributed by atoms with Crippen molar-refractivity contribution in [2.24, 2.45) is 5.10 Å². The summed E-state index contributed by atoms with van der Waals surface area (Å²) in [6, 6.07) is 10.3. The highest BCUT2D eigenvalue weighted by atomic mass is 32.2. The van der Waals surface area contributed by atoms with E-state index >= 15 is 0 Å². The van der Waals surface area contributed by atoms with Crippen LogP contribution in [-0.2, 0) is 26.0 Å². The van der Waals surface area contributed by atoms with Crippen molar-refractivity contribution in [3.63, 3.8) is 0 Å². The molecule has 3 rings (SSSR count). The number of hydrogen-bond acceptors (Lipinski definition) is 6. The topological polar surface area (TPSA) is 101 Å². The number of hydrogen-bond donors (Lipinski definition) is 1. The van der Waals surface area contributed by atoms with E-state index in [4.69, 9.17) is 4.74 Å². The van der Waals surface area contributed by atoms with Gasteiger partial charge < -0.3 is 4.74 Å². The van der Waals surface area contributed by atoms with Gasteiger partial charge in [-0.05, 0) is 43.2 Å². The second-order valence-corrected chi connectivity index (χ2v) is 8.57. The number of carbonyl (C=O) groups excluding carboxylic acids is 1. The summed E-state index contributed by atoms with van der Waals surface area (Å²) in [5.41, 5.74) is 5.01. The second kappa shape index (κ2) is 9.73. The Morgan fingerprint density at radius 1 is 1.14 bits per heavy atom. The van der Waals surface area contributed by atoms with Gasteiger partial charge in [-0.3, -0.25) is 9.78 Å². The highest BCUT2D eigenvalue weighted by molar-refractivity contribution is 7.89. The molecule has 1 aliphatic heterocycles. The summed E-state index contributed by atoms with van der Waals surface area (Å²) in [6.45, 7) is 3.36. The number of aryl methyl sites for hydroxylation is 1. The van der Waals surface area contributed by atoms with Gasteiger partial charge in [0.25, 0.3) is 0 Å². The Morgan fingerprint density at radius 3 is 2.45 bits per heavy atom. The van der Waals surface area contributed by atoms with Crippen LogP contribution in [0.4, 0.5) is 0 Å². The lowest BCUT2D eigenvalue weighted by atomic mass is 10.1. The molecular formula is C20H24N4O4S. The lowest BCUT2D eigenvalue weighted by molar-refractivity contribution is -0.121. The van der Waals surface area contributed by atoms with Gasteiger partial charge >= 0.3 is 0 Å². The zero-order valence-electron chi connectivity index (χ0n) is 16.2. The molecule has 0 bridgehead atoms. The molecule has 0 atom stereocenters. The Labute approximate surface area is 170 Å². The molecule has 0 spiro atoms. The molecule has 1 aliphatic rings. The quantitative estimate of drug-likeness (QED) is 0.545. The third-order valence-electron chi connectivity index (χ3n) is 4.62. The van der Waals surface area contributed by atoms with Crippen LogP contribution in [0.3, 0.4) is 0 Å². The number of amides is 1. The summed E-state index contributed by atoms with van der Waals surface area (Å²) in [5.74, 6) is -0.205. The van der Waals surface area contributed by atoms with Crippen molar-refractivity contribution in [3.05, 3.63) is 59.9 Å². The van der Waals surface area contributed by atoms with Gasteiger partial charge in [-0.15, -0.1) is 0 Å². The average Bonchev–Trinajstić information content (AvgIpc) is 2.77. The van der Waals surface area contributed by atoms with Gasteiger partial charge in [0, 0.05) is 37.5 Å². The number of nitrogens with one attached hydrogen (secondary N) is 1. The van der Waals surface area contributed by atoms with Crippen LogP contribution in [0.15, 0.2) is 58.8 Å². The number of aromatic nitrogens is 1. The van der Waals surface area contributed by atoms with Gasteiger partial charge in [0.05, 0.1) is 23.8 Å². The molecule has 9 heteroatoms. The van der Waals surface area contributed by atoms with Crippen LogP contribution in [0.2, 0.25) is 0 Å². The number of benzene rings is 1. The van der Waals surface area contributed by atoms with E-state index in [0.717, 1.165) is 11.1 Å². The van der Waals surface area contributed by atoms with E-state index in [2.05, 4.69) is 15.5 Å². The van der Waals surface area contributed by atoms with Gasteiger partial charge in [0.2, 0.25) is 15.9 Å². The van der Waals surface area contributed by atoms with Crippen LogP contribution >= 0.6 is 0 Å². The van der Waals surface area contributed by atoms with Crippen molar-refractivity contribution in [2.75, 3.05) is 26.3 Å². The zero-order chi connectivity index (χ0) is 20.7. The molecule has 1 N–H and O–H groups in total. The van der Waals surface area contributed by atoms with Crippen molar-refractivity contribution < 1.29 is 17.9 Å². The molecule has 2 heterocycles. The molecule has 1 amide bonds. The van der Waals surface area contributed by atoms with Gasteiger partial charge in [0.1, 0.15) is 0 Å². The fourth-order valence-corrected chi connectivity index (χ4v) is 4.29. The van der Waals surface area contributed by atoms with E-state index < -0.39 is 10.0 Å². The molecule has 1 aromatic heterocycles. The van der Waals surface area contributed by atoms with E-state index in [1.165, 1.54) is 4.31 Å². The summed E-state index contributed by atoms with van der Waals surface area (Å²) in [6.07, 6.45) is 4.08. The molecule has 8 nitrogen and oxygen atoms in total. The Hall–Kier alpha value is -2.62. The minimum atomic E-state index is -3.50. The summed E-state index contributed by atoms with van der Waals surface area (Å²) < 4.78 is 31.9. The molecule has 0 aliphatic carbocycles. The number of morpholine rings is 1. The first-order valence-electron chi connectivity index (χ1n) is 9.37. The number of sulfonamides is 1. The molecule has 0 saturated carbocycles. The maximum absolute atomic E-state index is 12.6. The van der Waals surface area contributed by atoms with Crippen LogP contribution < -0.4 is 5.43 Å². The standard InChI is InChI=1S/C20H24N4O4S/c1-16(18-8-10-21-11-9-18)22-23-20(25)7-4-17-2-5-19(6-3-17)29(26,27)24-12-14-28-15-13-24/h2-3,5-6,8-11H,4,7,12-15H2,1H3,(H,23,25)/b22-16+. The molecule has 2 aromatic rings. The lowest BCUT2D eigenvalue weighted by Crippen LogP contribution is -2.40. The molecular weight excluding hydrogens is 392 g/mol. The van der Waals surface area contributed by atoms with Crippen LogP contribution in [-0.4, -0.2) is 55.6 Å². The Morgan fingerprint density at radius 2 is 1.79 bits per heavy atom. The number of ether oxygens (including phenoxy) is 1. The van der Waals surface area contributed by atoms with Gasteiger partial charge in [0.15, 0.2) is 0 Å². The lowest BCUT2D eigenvalue weighted by Gasteiger charge is -2.26. The molecule has 1 fully saturated rings. The van der Waals surface area contributed by atoms with E-state index in [-0.39, 0.29) is 17.2 Å². The summed E-state index contributed by atoms with van der Waals surface area (Å²) >= 11 is 0. The minimum Gasteiger partial charge on any atom is -0.379 e. The fourth-order valence-electron chi connectivity index (χ4n) is 2.88. The van der Waals surface area contributed by atoms with Crippen molar-refractivity contribution in [1.29, 1.82) is 0 Å². The first-order chi connectivity index (χ1) is 14.0. The second-order valence-electron chi connectivity index (χ2n) is 6.63. The maximum atomic E-state index is 12.6. The molecule has 0 radical (unpaired) electrons. The van der Waals surface area contributed by atoms with Crippen LogP contribution in [0.1, 0.15) is 24.5 Å². The molecule has 0 unspecified atom stereocenters. The number of pyridine rings is 1. The predicted molar refractivity (Wildman–Crippen MR) is 109 cm³/mol. The summed E-state index contributed by atoms with van der Waals surface area (Å²) in [7, 11) is -3.50. The van der Waals surface area contributed by atoms with E-state index in [1.54, 1.807) is 36.7 Å². The Kier molecular flexibility index (Phi) is 7.08. The fraction of sp³-hybridized carbons (Fsp3) is 0.350. The Bertz CT molecular complexity index is 954. The van der Waals surface area contributed by atoms with Gasteiger partial charge in [-0.1, -0.05) is 12.1 Å². The zero-order valence-corrected chi connectivity index (χ0v) is 17.1. The van der Waals surface area contributed by atoms with E-state index in [9.17, 15) is 13.2 Å². The summed E-state index contributed by atoms with van der Waals surface area (Å²) in [5, 5.41) is 4.10. The first kappa shape index (κ1) is 21.1. The minimum absolute atomic E-state index is 0.205. The van der Waals surface area contributed by atoms with Crippen LogP contribution in [0, 0.1) is 0 Å². The Balaban J connectivity index is 1.53. The monoisotopic (exact) mass is 416 g/mol. The molecule has 154 valence electrons. The van der Waals surface area contributed by atoms with Crippen LogP contribution in [0.5, 0.6) is 0 Å². The summed E-state index contributed by atoms with van der Waals surface area (Å²) in [4.78, 5) is 16.2. The van der Waals surface area contributed by atoms with Crippen molar-refractivity contribution in [1.82, 2.24) is 14.7 Å². The molecule has 1 saturated heterocycles.